The van der Waals surface area contributed by atoms with Gasteiger partial charge >= 0.3 is 6.18 Å². The molecular formula is C23H25BrF3N3O4. The topological polar surface area (TPSA) is 97.8 Å². The number of halogens is 4. The molecule has 2 amide bonds. The lowest BCUT2D eigenvalue weighted by atomic mass is 9.92. The van der Waals surface area contributed by atoms with Crippen LogP contribution in [-0.4, -0.2) is 57.9 Å². The first-order valence-electron chi connectivity index (χ1n) is 10.7. The molecule has 0 saturated carbocycles. The number of hydrogen-bond acceptors (Lipinski definition) is 4. The Bertz CT molecular complexity index is 1180. The zero-order valence-corrected chi connectivity index (χ0v) is 20.5. The highest BCUT2D eigenvalue weighted by Gasteiger charge is 2.49. The Balaban J connectivity index is 1.92. The van der Waals surface area contributed by atoms with Gasteiger partial charge in [-0.1, -0.05) is 0 Å². The molecule has 0 radical (unpaired) electrons. The van der Waals surface area contributed by atoms with E-state index in [9.17, 15) is 27.9 Å². The molecule has 3 N–H and O–H groups in total. The molecule has 11 heteroatoms. The van der Waals surface area contributed by atoms with E-state index < -0.39 is 36.1 Å². The molecule has 0 unspecified atom stereocenters. The summed E-state index contributed by atoms with van der Waals surface area (Å²) in [7, 11) is 1.51. The van der Waals surface area contributed by atoms with Crippen molar-refractivity contribution in [1.82, 2.24) is 9.47 Å². The summed E-state index contributed by atoms with van der Waals surface area (Å²) < 4.78 is 48.2. The summed E-state index contributed by atoms with van der Waals surface area (Å²) in [5.74, 6) is -0.869. The maximum Gasteiger partial charge on any atom is 0.393 e. The van der Waals surface area contributed by atoms with Crippen LogP contribution < -0.4 is 10.5 Å². The molecule has 1 saturated heterocycles. The molecule has 3 heterocycles. The highest BCUT2D eigenvalue weighted by molar-refractivity contribution is 9.10. The number of likely N-dealkylation sites (tertiary alicyclic amines) is 1. The summed E-state index contributed by atoms with van der Waals surface area (Å²) in [4.78, 5) is 27.0. The first kappa shape index (κ1) is 24.6. The standard InChI is InChI=1S/C23H25BrF3N3O4/c1-11-4-12-6-18(34-3)16(24)7-15(12)19-13(8-23(25,26)27)5-17(30(11)19)20(32)29-10-14(31)9-22(29,2)21(28)33/h5-7,11,14,31H,4,8-10H2,1-3H3,(H2,28,33)/t11-,14+,22-/m1/s1. The molecule has 0 aliphatic carbocycles. The van der Waals surface area contributed by atoms with Gasteiger partial charge in [0.2, 0.25) is 5.91 Å². The van der Waals surface area contributed by atoms with Crippen molar-refractivity contribution in [3.63, 3.8) is 0 Å². The Morgan fingerprint density at radius 3 is 2.59 bits per heavy atom. The van der Waals surface area contributed by atoms with Crippen molar-refractivity contribution < 1.29 is 32.6 Å². The van der Waals surface area contributed by atoms with Crippen LogP contribution in [0.25, 0.3) is 11.3 Å². The largest absolute Gasteiger partial charge is 0.496 e. The van der Waals surface area contributed by atoms with E-state index >= 15 is 0 Å². The highest BCUT2D eigenvalue weighted by atomic mass is 79.9. The van der Waals surface area contributed by atoms with Gasteiger partial charge in [-0.25, -0.2) is 0 Å². The van der Waals surface area contributed by atoms with Gasteiger partial charge in [0.1, 0.15) is 17.0 Å². The Morgan fingerprint density at radius 2 is 2.00 bits per heavy atom. The van der Waals surface area contributed by atoms with Gasteiger partial charge in [-0.15, -0.1) is 0 Å². The van der Waals surface area contributed by atoms with Gasteiger partial charge in [-0.2, -0.15) is 13.2 Å². The number of ether oxygens (including phenoxy) is 1. The lowest BCUT2D eigenvalue weighted by molar-refractivity contribution is -0.127. The fraction of sp³-hybridized carbons (Fsp3) is 0.478. The number of primary amides is 1. The second-order valence-electron chi connectivity index (χ2n) is 9.17. The molecule has 184 valence electrons. The van der Waals surface area contributed by atoms with Crippen LogP contribution in [0.5, 0.6) is 5.75 Å². The molecule has 4 rings (SSSR count). The van der Waals surface area contributed by atoms with E-state index in [1.54, 1.807) is 16.7 Å². The Hall–Kier alpha value is -2.53. The molecule has 1 aromatic heterocycles. The number of amides is 2. The maximum absolute atomic E-state index is 13.7. The van der Waals surface area contributed by atoms with Gasteiger partial charge < -0.3 is 25.0 Å². The molecule has 2 aromatic rings. The summed E-state index contributed by atoms with van der Waals surface area (Å²) in [5, 5.41) is 10.2. The number of nitrogens with zero attached hydrogens (tertiary/aromatic N) is 2. The molecule has 34 heavy (non-hydrogen) atoms. The normalized spacial score (nSPS) is 24.1. The van der Waals surface area contributed by atoms with Crippen LogP contribution in [0.4, 0.5) is 13.2 Å². The van der Waals surface area contributed by atoms with E-state index in [4.69, 9.17) is 10.5 Å². The van der Waals surface area contributed by atoms with Crippen LogP contribution in [0.3, 0.4) is 0 Å². The number of carbonyl (C=O) groups is 2. The number of alkyl halides is 3. The number of methoxy groups -OCH3 is 1. The van der Waals surface area contributed by atoms with Crippen molar-refractivity contribution >= 4 is 27.7 Å². The number of hydrogen-bond donors (Lipinski definition) is 2. The lowest BCUT2D eigenvalue weighted by Crippen LogP contribution is -2.54. The summed E-state index contributed by atoms with van der Waals surface area (Å²) in [5.41, 5.74) is 5.77. The molecule has 0 spiro atoms. The predicted molar refractivity (Wildman–Crippen MR) is 122 cm³/mol. The number of nitrogens with two attached hydrogens (primary N) is 1. The Kier molecular flexibility index (Phi) is 6.00. The summed E-state index contributed by atoms with van der Waals surface area (Å²) in [6.45, 7) is 3.14. The summed E-state index contributed by atoms with van der Waals surface area (Å²) in [6.07, 6.45) is -6.27. The number of aliphatic hydroxyl groups is 1. The van der Waals surface area contributed by atoms with Gasteiger partial charge in [0, 0.05) is 24.6 Å². The van der Waals surface area contributed by atoms with Crippen LogP contribution in [0.2, 0.25) is 0 Å². The number of aromatic nitrogens is 1. The van der Waals surface area contributed by atoms with Crippen molar-refractivity contribution in [1.29, 1.82) is 0 Å². The molecular weight excluding hydrogens is 519 g/mol. The smallest absolute Gasteiger partial charge is 0.393 e. The Labute approximate surface area is 202 Å². The van der Waals surface area contributed by atoms with E-state index in [1.165, 1.54) is 25.0 Å². The minimum atomic E-state index is -4.50. The monoisotopic (exact) mass is 543 g/mol. The van der Waals surface area contributed by atoms with E-state index in [0.29, 0.717) is 27.9 Å². The van der Waals surface area contributed by atoms with E-state index in [0.717, 1.165) is 5.56 Å². The molecule has 0 bridgehead atoms. The van der Waals surface area contributed by atoms with Crippen LogP contribution in [0, 0.1) is 0 Å². The average Bonchev–Trinajstić information content (AvgIpc) is 3.25. The Morgan fingerprint density at radius 1 is 1.32 bits per heavy atom. The number of fused-ring (bicyclic) bond motifs is 3. The van der Waals surface area contributed by atoms with Crippen LogP contribution >= 0.6 is 15.9 Å². The van der Waals surface area contributed by atoms with Gasteiger partial charge in [0.05, 0.1) is 29.8 Å². The molecule has 1 fully saturated rings. The van der Waals surface area contributed by atoms with E-state index in [1.807, 2.05) is 6.92 Å². The first-order valence-corrected chi connectivity index (χ1v) is 11.5. The van der Waals surface area contributed by atoms with Crippen molar-refractivity contribution in [2.45, 2.75) is 57.0 Å². The van der Waals surface area contributed by atoms with Crippen molar-refractivity contribution in [2.24, 2.45) is 5.73 Å². The fourth-order valence-corrected chi connectivity index (χ4v) is 5.63. The zero-order valence-electron chi connectivity index (χ0n) is 18.9. The maximum atomic E-state index is 13.7. The number of rotatable bonds is 4. The van der Waals surface area contributed by atoms with Crippen molar-refractivity contribution in [3.05, 3.63) is 39.5 Å². The second kappa shape index (κ2) is 8.30. The summed E-state index contributed by atoms with van der Waals surface area (Å²) in [6, 6.07) is 4.39. The molecule has 1 aromatic carbocycles. The number of aliphatic hydroxyl groups excluding tert-OH is 1. The van der Waals surface area contributed by atoms with Gasteiger partial charge in [0.25, 0.3) is 5.91 Å². The van der Waals surface area contributed by atoms with Crippen LogP contribution in [0.1, 0.15) is 47.9 Å². The highest BCUT2D eigenvalue weighted by Crippen LogP contribution is 2.45. The van der Waals surface area contributed by atoms with Crippen LogP contribution in [-0.2, 0) is 17.6 Å². The third kappa shape index (κ3) is 3.98. The van der Waals surface area contributed by atoms with Gasteiger partial charge in [-0.3, -0.25) is 9.59 Å². The fourth-order valence-electron chi connectivity index (χ4n) is 5.13. The van der Waals surface area contributed by atoms with Gasteiger partial charge in [-0.05, 0) is 65.5 Å². The second-order valence-corrected chi connectivity index (χ2v) is 10.0. The number of carbonyl (C=O) groups excluding carboxylic acids is 2. The quantitative estimate of drug-likeness (QED) is 0.615. The van der Waals surface area contributed by atoms with Crippen LogP contribution in [0.15, 0.2) is 22.7 Å². The minimum absolute atomic E-state index is 0.0286. The average molecular weight is 544 g/mol. The number of β-amino-alcohol motifs (C(OH)–C–C–N with tert-alkyl or cyclic N) is 1. The lowest BCUT2D eigenvalue weighted by Gasteiger charge is -2.34. The minimum Gasteiger partial charge on any atom is -0.496 e. The molecule has 2 aliphatic rings. The zero-order chi connectivity index (χ0) is 25.2. The molecule has 7 nitrogen and oxygen atoms in total. The summed E-state index contributed by atoms with van der Waals surface area (Å²) >= 11 is 3.40. The molecule has 3 atom stereocenters. The third-order valence-electron chi connectivity index (χ3n) is 6.71. The predicted octanol–water partition coefficient (Wildman–Crippen LogP) is 3.60. The molecule has 2 aliphatic heterocycles. The van der Waals surface area contributed by atoms with Gasteiger partial charge in [0.15, 0.2) is 0 Å². The SMILES string of the molecule is COc1cc2c(cc1Br)-c1c(CC(F)(F)F)cc(C(=O)N3C[C@@H](O)C[C@]3(C)C(N)=O)n1[C@H](C)C2. The van der Waals surface area contributed by atoms with Crippen molar-refractivity contribution in [2.75, 3.05) is 13.7 Å². The third-order valence-corrected chi connectivity index (χ3v) is 7.33. The van der Waals surface area contributed by atoms with E-state index in [2.05, 4.69) is 15.9 Å². The number of benzene rings is 1. The van der Waals surface area contributed by atoms with E-state index in [-0.39, 0.29) is 30.3 Å². The van der Waals surface area contributed by atoms with Crippen molar-refractivity contribution in [3.8, 4) is 17.0 Å². The first-order chi connectivity index (χ1) is 15.8.